The summed E-state index contributed by atoms with van der Waals surface area (Å²) in [5.41, 5.74) is 7.96. The Morgan fingerprint density at radius 1 is 0.885 bits per heavy atom. The fraction of sp³-hybridized carbons (Fsp3) is 0.190. The molecule has 0 amide bonds. The molecule has 3 aliphatic rings. The van der Waals surface area contributed by atoms with Gasteiger partial charge in [0.1, 0.15) is 23.3 Å². The fourth-order valence-corrected chi connectivity index (χ4v) is 9.08. The lowest BCUT2D eigenvalue weighted by atomic mass is 9.77. The van der Waals surface area contributed by atoms with E-state index < -0.39 is 23.5 Å². The van der Waals surface area contributed by atoms with Crippen LogP contribution >= 0.6 is 0 Å². The third-order valence-electron chi connectivity index (χ3n) is 11.4. The molecule has 7 nitrogen and oxygen atoms in total. The highest BCUT2D eigenvalue weighted by atomic mass is 19.4. The Kier molecular flexibility index (Phi) is 6.50. The van der Waals surface area contributed by atoms with Crippen LogP contribution in [0.15, 0.2) is 121 Å². The molecule has 0 fully saturated rings. The molecule has 10 heteroatoms. The zero-order valence-corrected chi connectivity index (χ0v) is 28.6. The predicted molar refractivity (Wildman–Crippen MR) is 196 cm³/mol. The monoisotopic (exact) mass is 693 g/mol. The Morgan fingerprint density at radius 2 is 1.67 bits per heavy atom. The van der Waals surface area contributed by atoms with Crippen molar-refractivity contribution < 1.29 is 22.3 Å². The van der Waals surface area contributed by atoms with Gasteiger partial charge in [0, 0.05) is 64.8 Å². The van der Waals surface area contributed by atoms with Crippen LogP contribution in [0.3, 0.4) is 0 Å². The van der Waals surface area contributed by atoms with E-state index >= 15 is 0 Å². The van der Waals surface area contributed by atoms with Crippen LogP contribution in [0, 0.1) is 0 Å². The first-order valence-corrected chi connectivity index (χ1v) is 17.7. The van der Waals surface area contributed by atoms with E-state index in [1.807, 2.05) is 48.8 Å². The van der Waals surface area contributed by atoms with Crippen LogP contribution in [0.2, 0.25) is 0 Å². The van der Waals surface area contributed by atoms with Gasteiger partial charge in [-0.3, -0.25) is 0 Å². The summed E-state index contributed by atoms with van der Waals surface area (Å²) in [4.78, 5) is 4.97. The Bertz CT molecular complexity index is 2660. The van der Waals surface area contributed by atoms with Gasteiger partial charge in [0.15, 0.2) is 23.5 Å². The average Bonchev–Trinajstić information content (AvgIpc) is 3.84. The molecule has 0 bridgehead atoms. The molecule has 10 rings (SSSR count). The smallest absolute Gasteiger partial charge is 0.370 e. The second kappa shape index (κ2) is 11.0. The molecule has 7 heterocycles. The van der Waals surface area contributed by atoms with Crippen molar-refractivity contribution in [3.05, 3.63) is 138 Å². The Hall–Kier alpha value is -6.03. The van der Waals surface area contributed by atoms with Crippen molar-refractivity contribution in [1.82, 2.24) is 19.3 Å². The minimum Gasteiger partial charge on any atom is -0.370 e. The van der Waals surface area contributed by atoms with Gasteiger partial charge in [-0.15, -0.1) is 0 Å². The van der Waals surface area contributed by atoms with Crippen molar-refractivity contribution in [2.75, 3.05) is 11.9 Å². The van der Waals surface area contributed by atoms with Crippen molar-refractivity contribution in [2.45, 2.75) is 44.4 Å². The summed E-state index contributed by atoms with van der Waals surface area (Å²) in [6, 6.07) is 33.8. The maximum absolute atomic E-state index is 14.3. The molecule has 0 spiro atoms. The SMILES string of the molecule is CCC1(CC)C(C2c3ccc4c(c3C3=[N+]2c2ncccc2NC3)c2ccccc2n4-c2ccccc2)=Cn2nc(C(F)(F)F)cc2-c2cccc[n+]21. The number of fused-ring (bicyclic) bond motifs is 11. The van der Waals surface area contributed by atoms with Gasteiger partial charge in [-0.1, -0.05) is 56.3 Å². The number of nitrogens with one attached hydrogen (secondary N) is 1. The van der Waals surface area contributed by atoms with Gasteiger partial charge in [0.2, 0.25) is 5.69 Å². The van der Waals surface area contributed by atoms with Crippen molar-refractivity contribution in [1.29, 1.82) is 0 Å². The summed E-state index contributed by atoms with van der Waals surface area (Å²) in [6.07, 6.45) is 2.50. The number of nitrogens with zero attached hydrogens (tertiary/aromatic N) is 6. The van der Waals surface area contributed by atoms with Crippen LogP contribution in [0.1, 0.15) is 49.6 Å². The number of hydrogen-bond acceptors (Lipinski definition) is 3. The Morgan fingerprint density at radius 3 is 2.48 bits per heavy atom. The highest BCUT2D eigenvalue weighted by molar-refractivity contribution is 6.22. The third kappa shape index (κ3) is 4.09. The lowest BCUT2D eigenvalue weighted by Crippen LogP contribution is -2.58. The van der Waals surface area contributed by atoms with Crippen LogP contribution in [0.25, 0.3) is 45.1 Å². The van der Waals surface area contributed by atoms with E-state index in [1.165, 1.54) is 10.7 Å². The standard InChI is InChI=1S/C42H34F3N7/c1-3-41(4-2)29(25-50-34(23-36(48-50)42(43,44)45)32-18-10-11-22-49(32)41)39-28-19-20-33-37(38(28)35-24-47-30-16-12-21-46-40(30)52(35)39)27-15-8-9-17-31(27)51(33)26-13-6-5-7-14-26/h5-23,25,39,47H,3-4,24H2,1-2H3/q+2. The molecule has 1 unspecified atom stereocenters. The molecule has 1 atom stereocenters. The van der Waals surface area contributed by atoms with Crippen LogP contribution in [-0.2, 0) is 11.7 Å². The molecular weight excluding hydrogens is 660 g/mol. The molecule has 0 saturated heterocycles. The molecule has 1 N–H and O–H groups in total. The van der Waals surface area contributed by atoms with Gasteiger partial charge < -0.3 is 9.88 Å². The van der Waals surface area contributed by atoms with Gasteiger partial charge >= 0.3 is 12.0 Å². The highest BCUT2D eigenvalue weighted by Gasteiger charge is 2.55. The van der Waals surface area contributed by atoms with Crippen LogP contribution < -0.4 is 9.88 Å². The number of pyridine rings is 2. The largest absolute Gasteiger partial charge is 0.435 e. The van der Waals surface area contributed by atoms with Gasteiger partial charge in [-0.05, 0) is 47.4 Å². The van der Waals surface area contributed by atoms with E-state index in [0.717, 1.165) is 61.4 Å². The summed E-state index contributed by atoms with van der Waals surface area (Å²) in [5, 5.41) is 10.1. The van der Waals surface area contributed by atoms with Crippen LogP contribution in [0.5, 0.6) is 0 Å². The van der Waals surface area contributed by atoms with E-state index in [9.17, 15) is 13.2 Å². The molecule has 3 aromatic carbocycles. The first-order chi connectivity index (χ1) is 25.3. The molecule has 7 aromatic rings. The first kappa shape index (κ1) is 30.8. The summed E-state index contributed by atoms with van der Waals surface area (Å²) in [5.74, 6) is 0.783. The lowest BCUT2D eigenvalue weighted by molar-refractivity contribution is -0.749. The number of para-hydroxylation sites is 2. The zero-order chi connectivity index (χ0) is 35.4. The third-order valence-corrected chi connectivity index (χ3v) is 11.4. The van der Waals surface area contributed by atoms with E-state index in [0.29, 0.717) is 30.8 Å². The molecule has 3 aliphatic heterocycles. The van der Waals surface area contributed by atoms with Crippen molar-refractivity contribution >= 4 is 45.2 Å². The number of aromatic nitrogens is 5. The minimum absolute atomic E-state index is 0.395. The summed E-state index contributed by atoms with van der Waals surface area (Å²) < 4.78 is 51.1. The maximum Gasteiger partial charge on any atom is 0.435 e. The average molecular weight is 694 g/mol. The van der Waals surface area contributed by atoms with E-state index in [-0.39, 0.29) is 0 Å². The lowest BCUT2D eigenvalue weighted by Gasteiger charge is -2.32. The molecule has 0 aliphatic carbocycles. The van der Waals surface area contributed by atoms with Gasteiger partial charge in [-0.25, -0.2) is 9.26 Å². The quantitative estimate of drug-likeness (QED) is 0.187. The van der Waals surface area contributed by atoms with E-state index in [1.54, 1.807) is 6.20 Å². The molecular formula is C42H34F3N7+2. The summed E-state index contributed by atoms with van der Waals surface area (Å²) in [6.45, 7) is 4.88. The number of rotatable bonds is 4. The summed E-state index contributed by atoms with van der Waals surface area (Å²) >= 11 is 0. The van der Waals surface area contributed by atoms with Gasteiger partial charge in [-0.2, -0.15) is 22.8 Å². The normalized spacial score (nSPS) is 17.2. The second-order valence-corrected chi connectivity index (χ2v) is 13.7. The number of hydrogen-bond donors (Lipinski definition) is 1. The minimum atomic E-state index is -4.60. The first-order valence-electron chi connectivity index (χ1n) is 17.7. The number of anilines is 1. The highest BCUT2D eigenvalue weighted by Crippen LogP contribution is 2.52. The topological polar surface area (TPSA) is 54.6 Å². The zero-order valence-electron chi connectivity index (χ0n) is 28.6. The molecule has 52 heavy (non-hydrogen) atoms. The van der Waals surface area contributed by atoms with Crippen molar-refractivity contribution in [3.63, 3.8) is 0 Å². The van der Waals surface area contributed by atoms with Crippen molar-refractivity contribution in [3.8, 4) is 17.1 Å². The predicted octanol–water partition coefficient (Wildman–Crippen LogP) is 9.03. The Labute approximate surface area is 297 Å². The molecule has 4 aromatic heterocycles. The van der Waals surface area contributed by atoms with Crippen LogP contribution in [0.4, 0.5) is 24.7 Å². The van der Waals surface area contributed by atoms with E-state index in [4.69, 9.17) is 4.98 Å². The van der Waals surface area contributed by atoms with Crippen LogP contribution in [-0.4, -0.2) is 36.2 Å². The maximum atomic E-state index is 14.3. The number of alkyl halides is 3. The Balaban J connectivity index is 1.34. The molecule has 0 radical (unpaired) electrons. The molecule has 256 valence electrons. The number of benzene rings is 3. The molecule has 0 saturated carbocycles. The van der Waals surface area contributed by atoms with Gasteiger partial charge in [0.05, 0.1) is 23.2 Å². The fourth-order valence-electron chi connectivity index (χ4n) is 9.08. The van der Waals surface area contributed by atoms with E-state index in [2.05, 4.69) is 98.6 Å². The van der Waals surface area contributed by atoms with Gasteiger partial charge in [0.25, 0.3) is 0 Å². The van der Waals surface area contributed by atoms with Crippen molar-refractivity contribution in [2.24, 2.45) is 0 Å². The second-order valence-electron chi connectivity index (χ2n) is 13.7. The number of halogens is 3. The summed E-state index contributed by atoms with van der Waals surface area (Å²) in [7, 11) is 0.